The molecule has 0 aliphatic heterocycles. The zero-order valence-corrected chi connectivity index (χ0v) is 14.2. The van der Waals surface area contributed by atoms with Crippen molar-refractivity contribution in [3.63, 3.8) is 0 Å². The number of hydrogen-bond acceptors (Lipinski definition) is 3. The molecule has 134 valence electrons. The number of fused-ring (bicyclic) bond motifs is 1. The number of anilines is 1. The van der Waals surface area contributed by atoms with E-state index in [1.807, 2.05) is 12.1 Å². The molecule has 1 aliphatic rings. The van der Waals surface area contributed by atoms with Crippen LogP contribution in [0.1, 0.15) is 40.4 Å². The van der Waals surface area contributed by atoms with Gasteiger partial charge in [0.2, 0.25) is 0 Å². The van der Waals surface area contributed by atoms with Gasteiger partial charge >= 0.3 is 6.61 Å². The second-order valence-electron chi connectivity index (χ2n) is 5.75. The molecule has 3 N–H and O–H groups in total. The fraction of sp³-hybridized carbons (Fsp3) is 0.278. The van der Waals surface area contributed by atoms with Crippen molar-refractivity contribution in [3.8, 4) is 5.75 Å². The maximum Gasteiger partial charge on any atom is 0.387 e. The number of para-hydroxylation sites is 1. The lowest BCUT2D eigenvalue weighted by Gasteiger charge is -2.27. The van der Waals surface area contributed by atoms with Crippen LogP contribution in [0.4, 0.5) is 14.5 Å². The normalized spacial score (nSPS) is 15.9. The monoisotopic (exact) mass is 368 g/mol. The number of ether oxygens (including phenoxy) is 1. The first-order chi connectivity index (χ1) is 11.5. The number of nitrogen functional groups attached to an aromatic ring is 1. The Morgan fingerprint density at radius 1 is 1.24 bits per heavy atom. The van der Waals surface area contributed by atoms with Gasteiger partial charge in [-0.15, -0.1) is 12.4 Å². The molecule has 0 bridgehead atoms. The van der Waals surface area contributed by atoms with E-state index in [-0.39, 0.29) is 29.8 Å². The number of carbonyl (C=O) groups is 1. The molecule has 4 nitrogen and oxygen atoms in total. The third-order valence-corrected chi connectivity index (χ3v) is 4.13. The highest BCUT2D eigenvalue weighted by Crippen LogP contribution is 2.31. The lowest BCUT2D eigenvalue weighted by atomic mass is 9.87. The first kappa shape index (κ1) is 19.0. The molecule has 7 heteroatoms. The van der Waals surface area contributed by atoms with Crippen molar-refractivity contribution in [2.45, 2.75) is 31.9 Å². The number of halogens is 3. The van der Waals surface area contributed by atoms with Gasteiger partial charge in [0.05, 0.1) is 11.6 Å². The molecule has 1 amide bonds. The maximum absolute atomic E-state index is 12.5. The molecule has 0 spiro atoms. The Morgan fingerprint density at radius 3 is 2.76 bits per heavy atom. The fourth-order valence-electron chi connectivity index (χ4n) is 3.07. The molecule has 0 aromatic heterocycles. The number of amides is 1. The summed E-state index contributed by atoms with van der Waals surface area (Å²) in [6.07, 6.45) is 2.63. The van der Waals surface area contributed by atoms with Crippen molar-refractivity contribution in [3.05, 3.63) is 59.2 Å². The van der Waals surface area contributed by atoms with Gasteiger partial charge in [0, 0.05) is 5.69 Å². The second-order valence-corrected chi connectivity index (χ2v) is 5.75. The number of aryl methyl sites for hydroxylation is 1. The topological polar surface area (TPSA) is 64.3 Å². The number of hydrogen-bond donors (Lipinski definition) is 2. The van der Waals surface area contributed by atoms with Crippen molar-refractivity contribution < 1.29 is 18.3 Å². The third-order valence-electron chi connectivity index (χ3n) is 4.13. The number of carbonyl (C=O) groups excluding carboxylic acids is 1. The van der Waals surface area contributed by atoms with Gasteiger partial charge in [0.1, 0.15) is 5.75 Å². The van der Waals surface area contributed by atoms with Crippen molar-refractivity contribution in [2.24, 2.45) is 0 Å². The standard InChI is InChI=1S/C18H18F2N2O2.ClH/c19-18(20)24-16-7-2-1-5-14(16)17(23)22-15-6-3-4-11-10-12(21)8-9-13(11)15;/h1-2,5,7-10,15,18H,3-4,6,21H2,(H,22,23);1H. The van der Waals surface area contributed by atoms with E-state index in [0.29, 0.717) is 5.69 Å². The van der Waals surface area contributed by atoms with Crippen LogP contribution >= 0.6 is 12.4 Å². The highest BCUT2D eigenvalue weighted by Gasteiger charge is 2.24. The summed E-state index contributed by atoms with van der Waals surface area (Å²) in [5.74, 6) is -0.556. The van der Waals surface area contributed by atoms with E-state index in [1.54, 1.807) is 18.2 Å². The second kappa shape index (κ2) is 8.16. The number of alkyl halides is 2. The Labute approximate surface area is 150 Å². The van der Waals surface area contributed by atoms with Crippen molar-refractivity contribution >= 4 is 24.0 Å². The largest absolute Gasteiger partial charge is 0.434 e. The Kier molecular flexibility index (Phi) is 6.20. The van der Waals surface area contributed by atoms with Crippen LogP contribution in [-0.2, 0) is 6.42 Å². The minimum Gasteiger partial charge on any atom is -0.434 e. The van der Waals surface area contributed by atoms with E-state index in [9.17, 15) is 13.6 Å². The summed E-state index contributed by atoms with van der Waals surface area (Å²) in [6.45, 7) is -2.97. The molecule has 3 rings (SSSR count). The molecule has 2 aromatic rings. The van der Waals surface area contributed by atoms with E-state index >= 15 is 0 Å². The van der Waals surface area contributed by atoms with E-state index in [1.165, 1.54) is 12.1 Å². The van der Waals surface area contributed by atoms with E-state index in [0.717, 1.165) is 30.4 Å². The summed E-state index contributed by atoms with van der Waals surface area (Å²) >= 11 is 0. The van der Waals surface area contributed by atoms with Crippen molar-refractivity contribution in [1.29, 1.82) is 0 Å². The Morgan fingerprint density at radius 2 is 2.00 bits per heavy atom. The van der Waals surface area contributed by atoms with Gasteiger partial charge in [-0.3, -0.25) is 4.79 Å². The zero-order valence-electron chi connectivity index (χ0n) is 13.4. The lowest BCUT2D eigenvalue weighted by Crippen LogP contribution is -2.31. The van der Waals surface area contributed by atoms with Gasteiger partial charge in [-0.05, 0) is 54.7 Å². The molecule has 0 fully saturated rings. The summed E-state index contributed by atoms with van der Waals surface area (Å²) in [5, 5.41) is 2.92. The summed E-state index contributed by atoms with van der Waals surface area (Å²) in [4.78, 5) is 12.5. The number of nitrogens with one attached hydrogen (secondary N) is 1. The third kappa shape index (κ3) is 4.39. The van der Waals surface area contributed by atoms with Crippen LogP contribution in [0.25, 0.3) is 0 Å². The SMILES string of the molecule is Cl.Nc1ccc2c(c1)CCCC2NC(=O)c1ccccc1OC(F)F. The van der Waals surface area contributed by atoms with Crippen LogP contribution in [-0.4, -0.2) is 12.5 Å². The predicted octanol–water partition coefficient (Wildman–Crippen LogP) is 4.10. The molecular weight excluding hydrogens is 350 g/mol. The molecular formula is C18H19ClF2N2O2. The number of rotatable bonds is 4. The molecule has 1 atom stereocenters. The molecule has 0 heterocycles. The minimum atomic E-state index is -2.97. The first-order valence-corrected chi connectivity index (χ1v) is 7.77. The van der Waals surface area contributed by atoms with Gasteiger partial charge in [-0.1, -0.05) is 18.2 Å². The first-order valence-electron chi connectivity index (χ1n) is 7.77. The van der Waals surface area contributed by atoms with Gasteiger partial charge in [-0.2, -0.15) is 8.78 Å². The highest BCUT2D eigenvalue weighted by atomic mass is 35.5. The molecule has 2 aromatic carbocycles. The molecule has 1 unspecified atom stereocenters. The fourth-order valence-corrected chi connectivity index (χ4v) is 3.07. The zero-order chi connectivity index (χ0) is 17.1. The lowest BCUT2D eigenvalue weighted by molar-refractivity contribution is -0.0501. The van der Waals surface area contributed by atoms with Gasteiger partial charge in [-0.25, -0.2) is 0 Å². The molecule has 1 aliphatic carbocycles. The van der Waals surface area contributed by atoms with Crippen LogP contribution in [0.3, 0.4) is 0 Å². The summed E-state index contributed by atoms with van der Waals surface area (Å²) in [6, 6.07) is 11.5. The quantitative estimate of drug-likeness (QED) is 0.798. The number of nitrogens with two attached hydrogens (primary N) is 1. The molecule has 0 radical (unpaired) electrons. The average Bonchev–Trinajstić information content (AvgIpc) is 2.54. The molecule has 25 heavy (non-hydrogen) atoms. The summed E-state index contributed by atoms with van der Waals surface area (Å²) < 4.78 is 29.4. The molecule has 0 saturated carbocycles. The van der Waals surface area contributed by atoms with Crippen LogP contribution in [0.15, 0.2) is 42.5 Å². The highest BCUT2D eigenvalue weighted by molar-refractivity contribution is 5.97. The number of benzene rings is 2. The Bertz CT molecular complexity index is 756. The van der Waals surface area contributed by atoms with Crippen molar-refractivity contribution in [2.75, 3.05) is 5.73 Å². The van der Waals surface area contributed by atoms with E-state index in [2.05, 4.69) is 10.1 Å². The molecule has 0 saturated heterocycles. The van der Waals surface area contributed by atoms with Crippen LogP contribution in [0.5, 0.6) is 5.75 Å². The van der Waals surface area contributed by atoms with Crippen LogP contribution in [0, 0.1) is 0 Å². The van der Waals surface area contributed by atoms with E-state index < -0.39 is 12.5 Å². The smallest absolute Gasteiger partial charge is 0.387 e. The van der Waals surface area contributed by atoms with E-state index in [4.69, 9.17) is 5.73 Å². The Balaban J connectivity index is 0.00000225. The summed E-state index contributed by atoms with van der Waals surface area (Å²) in [5.41, 5.74) is 8.74. The van der Waals surface area contributed by atoms with Gasteiger partial charge in [0.15, 0.2) is 0 Å². The maximum atomic E-state index is 12.5. The summed E-state index contributed by atoms with van der Waals surface area (Å²) in [7, 11) is 0. The van der Waals surface area contributed by atoms with Crippen LogP contribution in [0.2, 0.25) is 0 Å². The minimum absolute atomic E-state index is 0. The van der Waals surface area contributed by atoms with Crippen LogP contribution < -0.4 is 15.8 Å². The van der Waals surface area contributed by atoms with Gasteiger partial charge < -0.3 is 15.8 Å². The van der Waals surface area contributed by atoms with Crippen molar-refractivity contribution in [1.82, 2.24) is 5.32 Å². The van der Waals surface area contributed by atoms with Gasteiger partial charge in [0.25, 0.3) is 5.91 Å². The average molecular weight is 369 g/mol. The predicted molar refractivity (Wildman–Crippen MR) is 94.3 cm³/mol. The Hall–Kier alpha value is -2.34.